The van der Waals surface area contributed by atoms with Gasteiger partial charge in [-0.2, -0.15) is 0 Å². The van der Waals surface area contributed by atoms with Crippen LogP contribution in [0.2, 0.25) is 0 Å². The van der Waals surface area contributed by atoms with Crippen LogP contribution in [-0.2, 0) is 9.53 Å². The first-order chi connectivity index (χ1) is 11.6. The lowest BCUT2D eigenvalue weighted by Crippen LogP contribution is -2.48. The van der Waals surface area contributed by atoms with Crippen molar-refractivity contribution < 1.29 is 14.3 Å². The highest BCUT2D eigenvalue weighted by molar-refractivity contribution is 5.80. The summed E-state index contributed by atoms with van der Waals surface area (Å²) in [5, 5.41) is 3.35. The van der Waals surface area contributed by atoms with Crippen LogP contribution in [0.1, 0.15) is 19.8 Å². The molecule has 1 atom stereocenters. The Balaban J connectivity index is 1.77. The zero-order valence-electron chi connectivity index (χ0n) is 14.7. The molecule has 6 heteroatoms. The van der Waals surface area contributed by atoms with E-state index in [4.69, 9.17) is 9.47 Å². The minimum atomic E-state index is -0.109. The van der Waals surface area contributed by atoms with Crippen LogP contribution >= 0.6 is 0 Å². The van der Waals surface area contributed by atoms with Crippen LogP contribution in [0, 0.1) is 5.92 Å². The zero-order valence-corrected chi connectivity index (χ0v) is 14.7. The first kappa shape index (κ1) is 18.1. The van der Waals surface area contributed by atoms with Gasteiger partial charge in [-0.3, -0.25) is 9.79 Å². The maximum absolute atomic E-state index is 11.6. The maximum Gasteiger partial charge on any atom is 0.308 e. The van der Waals surface area contributed by atoms with Crippen molar-refractivity contribution in [2.24, 2.45) is 10.9 Å². The molecule has 0 radical (unpaired) electrons. The van der Waals surface area contributed by atoms with Crippen LogP contribution in [0.5, 0.6) is 5.75 Å². The number of nitrogens with zero attached hydrogens (tertiary/aromatic N) is 2. The molecule has 0 bridgehead atoms. The van der Waals surface area contributed by atoms with Gasteiger partial charge in [-0.05, 0) is 31.9 Å². The average Bonchev–Trinajstić information content (AvgIpc) is 2.63. The molecule has 0 amide bonds. The minimum absolute atomic E-state index is 0.00435. The van der Waals surface area contributed by atoms with Gasteiger partial charge in [0, 0.05) is 20.1 Å². The predicted octanol–water partition coefficient (Wildman–Crippen LogP) is 1.91. The average molecular weight is 333 g/mol. The van der Waals surface area contributed by atoms with E-state index in [1.807, 2.05) is 37.3 Å². The Kier molecular flexibility index (Phi) is 6.90. The monoisotopic (exact) mass is 333 g/mol. The van der Waals surface area contributed by atoms with Crippen molar-refractivity contribution in [1.29, 1.82) is 0 Å². The summed E-state index contributed by atoms with van der Waals surface area (Å²) in [4.78, 5) is 18.1. The molecule has 0 aliphatic carbocycles. The molecule has 1 aromatic rings. The van der Waals surface area contributed by atoms with Gasteiger partial charge in [0.05, 0.1) is 19.6 Å². The number of carbonyl (C=O) groups is 1. The number of nitrogens with one attached hydrogen (secondary N) is 1. The number of hydrogen-bond acceptors (Lipinski definition) is 4. The van der Waals surface area contributed by atoms with Crippen LogP contribution in [0.15, 0.2) is 35.3 Å². The zero-order chi connectivity index (χ0) is 17.4. The van der Waals surface area contributed by atoms with Crippen LogP contribution in [0.4, 0.5) is 0 Å². The van der Waals surface area contributed by atoms with Crippen molar-refractivity contribution >= 4 is 11.9 Å². The van der Waals surface area contributed by atoms with Crippen LogP contribution in [0.3, 0.4) is 0 Å². The molecular weight excluding hydrogens is 306 g/mol. The molecule has 6 nitrogen and oxygen atoms in total. The molecule has 1 aliphatic heterocycles. The Morgan fingerprint density at radius 1 is 1.33 bits per heavy atom. The molecule has 1 fully saturated rings. The number of para-hydroxylation sites is 1. The second kappa shape index (κ2) is 9.15. The number of ether oxygens (including phenoxy) is 2. The molecule has 1 unspecified atom stereocenters. The van der Waals surface area contributed by atoms with Gasteiger partial charge >= 0.3 is 5.97 Å². The highest BCUT2D eigenvalue weighted by Gasteiger charge is 2.27. The fourth-order valence-electron chi connectivity index (χ4n) is 2.83. The number of likely N-dealkylation sites (tertiary alicyclic amines) is 1. The third kappa shape index (κ3) is 5.15. The first-order valence-electron chi connectivity index (χ1n) is 8.39. The van der Waals surface area contributed by atoms with E-state index in [1.54, 1.807) is 7.05 Å². The molecule has 0 aromatic heterocycles. The molecule has 132 valence electrons. The summed E-state index contributed by atoms with van der Waals surface area (Å²) in [6, 6.07) is 9.78. The Morgan fingerprint density at radius 2 is 2.00 bits per heavy atom. The maximum atomic E-state index is 11.6. The number of rotatable bonds is 5. The van der Waals surface area contributed by atoms with Gasteiger partial charge in [0.15, 0.2) is 5.96 Å². The van der Waals surface area contributed by atoms with Gasteiger partial charge in [-0.15, -0.1) is 0 Å². The van der Waals surface area contributed by atoms with Gasteiger partial charge < -0.3 is 19.7 Å². The molecule has 1 saturated heterocycles. The van der Waals surface area contributed by atoms with Crippen molar-refractivity contribution in [1.82, 2.24) is 10.2 Å². The van der Waals surface area contributed by atoms with Gasteiger partial charge in [-0.1, -0.05) is 18.2 Å². The number of methoxy groups -OCH3 is 1. The lowest BCUT2D eigenvalue weighted by atomic mass is 9.97. The van der Waals surface area contributed by atoms with Crippen LogP contribution in [-0.4, -0.2) is 56.7 Å². The Hall–Kier alpha value is -2.24. The van der Waals surface area contributed by atoms with Crippen molar-refractivity contribution in [3.8, 4) is 5.75 Å². The summed E-state index contributed by atoms with van der Waals surface area (Å²) in [5.74, 6) is 1.61. The number of piperidine rings is 1. The summed E-state index contributed by atoms with van der Waals surface area (Å²) in [5.41, 5.74) is 0. The fourth-order valence-corrected chi connectivity index (χ4v) is 2.83. The number of carbonyl (C=O) groups excluding carboxylic acids is 1. The Bertz CT molecular complexity index is 540. The van der Waals surface area contributed by atoms with Gasteiger partial charge in [0.1, 0.15) is 11.9 Å². The summed E-state index contributed by atoms with van der Waals surface area (Å²) in [6.07, 6.45) is 1.61. The van der Waals surface area contributed by atoms with E-state index in [0.29, 0.717) is 6.54 Å². The topological polar surface area (TPSA) is 63.2 Å². The third-order valence-corrected chi connectivity index (χ3v) is 4.17. The van der Waals surface area contributed by atoms with Gasteiger partial charge in [-0.25, -0.2) is 0 Å². The molecule has 0 saturated carbocycles. The smallest absolute Gasteiger partial charge is 0.308 e. The van der Waals surface area contributed by atoms with E-state index < -0.39 is 0 Å². The van der Waals surface area contributed by atoms with E-state index >= 15 is 0 Å². The van der Waals surface area contributed by atoms with Crippen molar-refractivity contribution in [3.63, 3.8) is 0 Å². The SMILES string of the molecule is CN=C(NCC(C)Oc1ccccc1)N1CCC(C(=O)OC)CC1. The Morgan fingerprint density at radius 3 is 2.58 bits per heavy atom. The van der Waals surface area contributed by atoms with E-state index in [9.17, 15) is 4.79 Å². The first-order valence-corrected chi connectivity index (χ1v) is 8.39. The molecule has 1 N–H and O–H groups in total. The minimum Gasteiger partial charge on any atom is -0.489 e. The number of esters is 1. The summed E-state index contributed by atoms with van der Waals surface area (Å²) < 4.78 is 10.7. The van der Waals surface area contributed by atoms with E-state index in [-0.39, 0.29) is 18.0 Å². The number of guanidine groups is 1. The summed E-state index contributed by atoms with van der Waals surface area (Å²) in [6.45, 7) is 4.29. The molecule has 1 aromatic carbocycles. The van der Waals surface area contributed by atoms with E-state index in [0.717, 1.165) is 37.6 Å². The highest BCUT2D eigenvalue weighted by Crippen LogP contribution is 2.18. The van der Waals surface area contributed by atoms with E-state index in [2.05, 4.69) is 15.2 Å². The normalized spacial score (nSPS) is 17.3. The van der Waals surface area contributed by atoms with Crippen LogP contribution < -0.4 is 10.1 Å². The van der Waals surface area contributed by atoms with Crippen molar-refractivity contribution in [2.45, 2.75) is 25.9 Å². The standard InChI is InChI=1S/C18H27N3O3/c1-14(24-16-7-5-4-6-8-16)13-20-18(19-2)21-11-9-15(10-12-21)17(22)23-3/h4-8,14-15H,9-13H2,1-3H3,(H,19,20). The van der Waals surface area contributed by atoms with Crippen LogP contribution in [0.25, 0.3) is 0 Å². The van der Waals surface area contributed by atoms with Crippen molar-refractivity contribution in [3.05, 3.63) is 30.3 Å². The predicted molar refractivity (Wildman–Crippen MR) is 94.2 cm³/mol. The lowest BCUT2D eigenvalue weighted by molar-refractivity contribution is -0.146. The van der Waals surface area contributed by atoms with Gasteiger partial charge in [0.25, 0.3) is 0 Å². The number of hydrogen-bond donors (Lipinski definition) is 1. The molecule has 0 spiro atoms. The lowest BCUT2D eigenvalue weighted by Gasteiger charge is -2.33. The second-order valence-corrected chi connectivity index (χ2v) is 5.95. The van der Waals surface area contributed by atoms with Gasteiger partial charge in [0.2, 0.25) is 0 Å². The highest BCUT2D eigenvalue weighted by atomic mass is 16.5. The molecule has 1 aliphatic rings. The summed E-state index contributed by atoms with van der Waals surface area (Å²) >= 11 is 0. The number of benzene rings is 1. The molecule has 24 heavy (non-hydrogen) atoms. The number of aliphatic imine (C=N–C) groups is 1. The quantitative estimate of drug-likeness (QED) is 0.507. The summed E-state index contributed by atoms with van der Waals surface area (Å²) in [7, 11) is 3.22. The third-order valence-electron chi connectivity index (χ3n) is 4.17. The largest absolute Gasteiger partial charge is 0.489 e. The van der Waals surface area contributed by atoms with Crippen molar-refractivity contribution in [2.75, 3.05) is 33.8 Å². The van der Waals surface area contributed by atoms with E-state index in [1.165, 1.54) is 7.11 Å². The fraction of sp³-hybridized carbons (Fsp3) is 0.556. The Labute approximate surface area is 143 Å². The molecule has 2 rings (SSSR count). The second-order valence-electron chi connectivity index (χ2n) is 5.95. The molecular formula is C18H27N3O3. The molecule has 1 heterocycles.